The summed E-state index contributed by atoms with van der Waals surface area (Å²) in [4.78, 5) is 5.88. The first-order chi connectivity index (χ1) is 31.7. The molecule has 0 saturated heterocycles. The van der Waals surface area contributed by atoms with Gasteiger partial charge in [-0.2, -0.15) is 0 Å². The number of allylic oxidation sites excluding steroid dienone is 16. The molecule has 3 heteroatoms. The summed E-state index contributed by atoms with van der Waals surface area (Å²) < 4.78 is 2.71. The summed E-state index contributed by atoms with van der Waals surface area (Å²) in [5.41, 5.74) is 15.7. The molecule has 64 heavy (non-hydrogen) atoms. The van der Waals surface area contributed by atoms with Crippen molar-refractivity contribution in [3.63, 3.8) is 0 Å². The van der Waals surface area contributed by atoms with Gasteiger partial charge >= 0.3 is 0 Å². The van der Waals surface area contributed by atoms with E-state index >= 15 is 0 Å². The SMILES string of the molecule is C1=CC2c3ccccc3C3(c4cc(N(c5cccc(-c6cccc7c6sc6ccccc67)c5)C5C=CC=C(C6=C7SC8=C(C=CCC8)C7CC=C6)C5)ccc4C4C=CCCC43)C2C=C1. The number of anilines is 2. The zero-order chi connectivity index (χ0) is 41.9. The van der Waals surface area contributed by atoms with Crippen molar-refractivity contribution in [3.8, 4) is 11.1 Å². The van der Waals surface area contributed by atoms with E-state index in [1.807, 2.05) is 11.3 Å². The number of rotatable bonds is 5. The van der Waals surface area contributed by atoms with Crippen LogP contribution >= 0.6 is 23.1 Å². The summed E-state index contributed by atoms with van der Waals surface area (Å²) in [5, 5.41) is 2.69. The Hall–Kier alpha value is -5.87. The highest BCUT2D eigenvalue weighted by Gasteiger charge is 2.61. The molecule has 2 heterocycles. The second-order valence-corrected chi connectivity index (χ2v) is 21.3. The Kier molecular flexibility index (Phi) is 8.54. The smallest absolute Gasteiger partial charge is 0.0565 e. The lowest BCUT2D eigenvalue weighted by Crippen LogP contribution is -2.39. The highest BCUT2D eigenvalue weighted by molar-refractivity contribution is 8.07. The van der Waals surface area contributed by atoms with Crippen molar-refractivity contribution in [1.82, 2.24) is 0 Å². The second kappa shape index (κ2) is 14.6. The third-order valence-corrected chi connectivity index (χ3v) is 18.8. The maximum Gasteiger partial charge on any atom is 0.0565 e. The molecule has 14 rings (SSSR count). The summed E-state index contributed by atoms with van der Waals surface area (Å²) in [5.74, 6) is 2.23. The predicted molar refractivity (Wildman–Crippen MR) is 273 cm³/mol. The number of nitrogens with zero attached hydrogens (tertiary/aromatic N) is 1. The molecule has 0 amide bonds. The lowest BCUT2D eigenvalue weighted by molar-refractivity contribution is 0.247. The summed E-state index contributed by atoms with van der Waals surface area (Å²) in [6.07, 6.45) is 38.5. The molecule has 0 bridgehead atoms. The van der Waals surface area contributed by atoms with E-state index < -0.39 is 0 Å². The minimum atomic E-state index is -0.0876. The van der Waals surface area contributed by atoms with Gasteiger partial charge in [-0.15, -0.1) is 11.3 Å². The molecule has 1 aromatic heterocycles. The van der Waals surface area contributed by atoms with Gasteiger partial charge in [-0.25, -0.2) is 0 Å². The van der Waals surface area contributed by atoms with Crippen LogP contribution < -0.4 is 4.90 Å². The minimum Gasteiger partial charge on any atom is -0.334 e. The summed E-state index contributed by atoms with van der Waals surface area (Å²) in [6.45, 7) is 0. The minimum absolute atomic E-state index is 0.0876. The number of fused-ring (bicyclic) bond motifs is 15. The standard InChI is InChI=1S/C61H49NS2/c1-6-28-53-45(19-1)46-20-2-7-29-54(46)61(53)55-30-8-3-21-47(55)48-34-33-42(37-56(48)61)62(40-17-11-15-38(35-40)43-24-13-26-51-49-22-4-9-31-57(49)63-59(43)51)41-18-12-16-39(36-41)44-25-14-27-52-50-23-5-10-32-58(50)64-60(44)52/h1-7,9,11-26,28-29,31,33-35,37,41,45,47,52-53,55H,8,10,27,30,32,36H2. The Morgan fingerprint density at radius 2 is 1.53 bits per heavy atom. The molecule has 5 aromatic carbocycles. The van der Waals surface area contributed by atoms with Crippen LogP contribution in [0.4, 0.5) is 11.4 Å². The zero-order valence-corrected chi connectivity index (χ0v) is 37.5. The molecule has 0 saturated carbocycles. The van der Waals surface area contributed by atoms with Crippen molar-refractivity contribution >= 4 is 54.6 Å². The Morgan fingerprint density at radius 1 is 0.656 bits per heavy atom. The monoisotopic (exact) mass is 859 g/mol. The Bertz CT molecular complexity index is 3260. The number of benzene rings is 5. The summed E-state index contributed by atoms with van der Waals surface area (Å²) in [7, 11) is 0. The lowest BCUT2D eigenvalue weighted by Gasteiger charge is -2.42. The molecule has 8 aliphatic rings. The molecular formula is C61H49NS2. The first-order valence-electron chi connectivity index (χ1n) is 23.7. The van der Waals surface area contributed by atoms with Crippen molar-refractivity contribution in [2.24, 2.45) is 17.8 Å². The molecule has 1 nitrogen and oxygen atoms in total. The van der Waals surface area contributed by atoms with Gasteiger partial charge in [-0.3, -0.25) is 0 Å². The van der Waals surface area contributed by atoms with Crippen LogP contribution in [-0.4, -0.2) is 6.04 Å². The molecule has 7 unspecified atom stereocenters. The molecule has 0 radical (unpaired) electrons. The molecule has 0 fully saturated rings. The van der Waals surface area contributed by atoms with Crippen LogP contribution in [0.1, 0.15) is 72.6 Å². The average molecular weight is 860 g/mol. The van der Waals surface area contributed by atoms with E-state index in [-0.39, 0.29) is 11.5 Å². The highest BCUT2D eigenvalue weighted by Crippen LogP contribution is 2.68. The third-order valence-electron chi connectivity index (χ3n) is 16.1. The van der Waals surface area contributed by atoms with Crippen molar-refractivity contribution < 1.29 is 0 Å². The molecular weight excluding hydrogens is 811 g/mol. The van der Waals surface area contributed by atoms with Crippen LogP contribution in [0, 0.1) is 17.8 Å². The van der Waals surface area contributed by atoms with Crippen LogP contribution in [0.25, 0.3) is 31.3 Å². The molecule has 7 aliphatic carbocycles. The average Bonchev–Trinajstić information content (AvgIpc) is 4.10. The fourth-order valence-corrected chi connectivity index (χ4v) is 16.3. The van der Waals surface area contributed by atoms with Crippen molar-refractivity contribution in [2.45, 2.75) is 61.8 Å². The summed E-state index contributed by atoms with van der Waals surface area (Å²) in [6, 6.07) is 42.6. The van der Waals surface area contributed by atoms with Gasteiger partial charge in [-0.1, -0.05) is 170 Å². The van der Waals surface area contributed by atoms with Gasteiger partial charge < -0.3 is 4.90 Å². The first-order valence-corrected chi connectivity index (χ1v) is 25.3. The van der Waals surface area contributed by atoms with E-state index in [0.29, 0.717) is 29.6 Å². The normalized spacial score (nSPS) is 27.8. The van der Waals surface area contributed by atoms with Gasteiger partial charge in [0.25, 0.3) is 0 Å². The maximum absolute atomic E-state index is 2.71. The van der Waals surface area contributed by atoms with Gasteiger partial charge in [0, 0.05) is 65.5 Å². The van der Waals surface area contributed by atoms with E-state index in [4.69, 9.17) is 0 Å². The Labute approximate surface area is 385 Å². The molecule has 1 aliphatic heterocycles. The highest BCUT2D eigenvalue weighted by atomic mass is 32.2. The lowest BCUT2D eigenvalue weighted by atomic mass is 9.60. The van der Waals surface area contributed by atoms with Crippen molar-refractivity contribution in [1.29, 1.82) is 0 Å². The first kappa shape index (κ1) is 37.5. The van der Waals surface area contributed by atoms with Crippen LogP contribution in [0.3, 0.4) is 0 Å². The second-order valence-electron chi connectivity index (χ2n) is 19.1. The molecule has 6 aromatic rings. The fraction of sp³-hybridized carbons (Fsp3) is 0.213. The van der Waals surface area contributed by atoms with Crippen LogP contribution in [-0.2, 0) is 5.41 Å². The van der Waals surface area contributed by atoms with Gasteiger partial charge in [0.05, 0.1) is 6.04 Å². The van der Waals surface area contributed by atoms with Gasteiger partial charge in [0.2, 0.25) is 0 Å². The number of thioether (sulfide) groups is 1. The molecule has 1 spiro atoms. The van der Waals surface area contributed by atoms with E-state index in [0.717, 1.165) is 25.7 Å². The van der Waals surface area contributed by atoms with Crippen molar-refractivity contribution in [2.75, 3.05) is 4.90 Å². The van der Waals surface area contributed by atoms with Crippen LogP contribution in [0.15, 0.2) is 215 Å². The Balaban J connectivity index is 0.939. The molecule has 7 atom stereocenters. The van der Waals surface area contributed by atoms with Gasteiger partial charge in [0.1, 0.15) is 0 Å². The van der Waals surface area contributed by atoms with Gasteiger partial charge in [0.15, 0.2) is 0 Å². The maximum atomic E-state index is 2.71. The van der Waals surface area contributed by atoms with E-state index in [9.17, 15) is 0 Å². The molecule has 0 N–H and O–H groups in total. The van der Waals surface area contributed by atoms with Crippen molar-refractivity contribution in [3.05, 3.63) is 237 Å². The van der Waals surface area contributed by atoms with E-state index in [1.54, 1.807) is 26.5 Å². The van der Waals surface area contributed by atoms with Gasteiger partial charge in [-0.05, 0) is 130 Å². The largest absolute Gasteiger partial charge is 0.334 e. The van der Waals surface area contributed by atoms with Crippen LogP contribution in [0.5, 0.6) is 0 Å². The Morgan fingerprint density at radius 3 is 2.53 bits per heavy atom. The predicted octanol–water partition coefficient (Wildman–Crippen LogP) is 16.5. The summed E-state index contributed by atoms with van der Waals surface area (Å²) >= 11 is 4.01. The number of hydrogen-bond acceptors (Lipinski definition) is 3. The van der Waals surface area contributed by atoms with E-state index in [1.165, 1.54) is 77.8 Å². The topological polar surface area (TPSA) is 3.24 Å². The quantitative estimate of drug-likeness (QED) is 0.159. The van der Waals surface area contributed by atoms with E-state index in [2.05, 4.69) is 205 Å². The zero-order valence-electron chi connectivity index (χ0n) is 35.9. The molecule has 310 valence electrons. The number of hydrogen-bond donors (Lipinski definition) is 0. The van der Waals surface area contributed by atoms with Crippen LogP contribution in [0.2, 0.25) is 0 Å². The third kappa shape index (κ3) is 5.38. The number of thiophene rings is 1. The fourth-order valence-electron chi connectivity index (χ4n) is 13.6.